The number of ether oxygens (including phenoxy) is 1. The third-order valence-electron chi connectivity index (χ3n) is 3.43. The molecule has 28 heavy (non-hydrogen) atoms. The van der Waals surface area contributed by atoms with Crippen LogP contribution in [0.1, 0.15) is 32.6 Å². The van der Waals surface area contributed by atoms with E-state index in [1.165, 1.54) is 7.11 Å². The maximum atomic E-state index is 12.6. The zero-order valence-corrected chi connectivity index (χ0v) is 17.2. The minimum Gasteiger partial charge on any atom is -0.481 e. The highest BCUT2D eigenvalue weighted by Gasteiger charge is 2.18. The molecule has 0 aliphatic heterocycles. The van der Waals surface area contributed by atoms with Crippen LogP contribution in [0.3, 0.4) is 0 Å². The van der Waals surface area contributed by atoms with E-state index in [1.54, 1.807) is 18.2 Å². The number of anilines is 2. The Kier molecular flexibility index (Phi) is 10.1. The lowest BCUT2D eigenvalue weighted by Crippen LogP contribution is -2.34. The monoisotopic (exact) mass is 430 g/mol. The van der Waals surface area contributed by atoms with E-state index in [9.17, 15) is 18.6 Å². The van der Waals surface area contributed by atoms with Crippen molar-refractivity contribution in [3.8, 4) is 0 Å². The first kappa shape index (κ1) is 23.5. The van der Waals surface area contributed by atoms with Gasteiger partial charge in [0.15, 0.2) is 5.11 Å². The van der Waals surface area contributed by atoms with Crippen LogP contribution in [0, 0.1) is 0 Å². The number of benzene rings is 1. The third-order valence-corrected chi connectivity index (χ3v) is 5.13. The Morgan fingerprint density at radius 1 is 1.21 bits per heavy atom. The second-order valence-electron chi connectivity index (χ2n) is 5.59. The standard InChI is InChI=1S/C17H23N3O6S2/c1-3-4-10-28(25)12-7-5-6-11(18-16(27)20-17(24)26-2)15(12)19-13(21)8-9-14(22)23/h5-7H,3-4,8-10H2,1-2H3,(H,19,21)(H,22,23)(H2,18,20,24,27)/i19+1. The second-order valence-corrected chi connectivity index (χ2v) is 7.54. The number of hydrogen-bond donors (Lipinski definition) is 4. The molecule has 0 bridgehead atoms. The molecule has 0 aliphatic rings. The Morgan fingerprint density at radius 2 is 1.93 bits per heavy atom. The number of hydrogen-bond acceptors (Lipinski definition) is 6. The quantitative estimate of drug-likeness (QED) is 0.347. The van der Waals surface area contributed by atoms with Crippen LogP contribution in [-0.2, 0) is 25.1 Å². The van der Waals surface area contributed by atoms with Crippen molar-refractivity contribution in [2.75, 3.05) is 23.5 Å². The summed E-state index contributed by atoms with van der Waals surface area (Å²) in [4.78, 5) is 34.5. The van der Waals surface area contributed by atoms with E-state index in [0.717, 1.165) is 12.8 Å². The smallest absolute Gasteiger partial charge is 0.413 e. The first-order valence-electron chi connectivity index (χ1n) is 8.47. The molecule has 4 N–H and O–H groups in total. The molecule has 0 aliphatic carbocycles. The molecule has 0 saturated carbocycles. The number of amides is 2. The maximum Gasteiger partial charge on any atom is 0.413 e. The van der Waals surface area contributed by atoms with E-state index in [-0.39, 0.29) is 23.6 Å². The summed E-state index contributed by atoms with van der Waals surface area (Å²) in [5.41, 5.74) is 0.536. The Labute approximate surface area is 170 Å². The number of carbonyl (C=O) groups excluding carboxylic acids is 2. The first-order chi connectivity index (χ1) is 13.3. The minimum atomic E-state index is -1.39. The van der Waals surface area contributed by atoms with Gasteiger partial charge in [-0.2, -0.15) is 0 Å². The zero-order valence-electron chi connectivity index (χ0n) is 15.6. The molecule has 0 spiro atoms. The lowest BCUT2D eigenvalue weighted by molar-refractivity contribution is -0.138. The summed E-state index contributed by atoms with van der Waals surface area (Å²) in [5, 5.41) is 16.3. The van der Waals surface area contributed by atoms with Crippen LogP contribution in [0.4, 0.5) is 16.2 Å². The van der Waals surface area contributed by atoms with Crippen LogP contribution in [0.15, 0.2) is 23.1 Å². The van der Waals surface area contributed by atoms with E-state index in [2.05, 4.69) is 20.7 Å². The fourth-order valence-electron chi connectivity index (χ4n) is 2.06. The lowest BCUT2D eigenvalue weighted by Gasteiger charge is -2.17. The maximum absolute atomic E-state index is 12.6. The third kappa shape index (κ3) is 8.01. The number of carboxylic acids is 1. The van der Waals surface area contributed by atoms with Crippen molar-refractivity contribution in [3.63, 3.8) is 0 Å². The molecule has 154 valence electrons. The van der Waals surface area contributed by atoms with Crippen LogP contribution < -0.4 is 16.0 Å². The second kappa shape index (κ2) is 12.0. The van der Waals surface area contributed by atoms with Crippen molar-refractivity contribution in [1.29, 1.82) is 0 Å². The van der Waals surface area contributed by atoms with Crippen LogP contribution in [0.5, 0.6) is 0 Å². The number of aliphatic carboxylic acids is 1. The number of carbonyl (C=O) groups is 3. The molecular formula is C17H23N3O6S2. The number of unbranched alkanes of at least 4 members (excludes halogenated alkanes) is 1. The summed E-state index contributed by atoms with van der Waals surface area (Å²) in [6.45, 7) is 1.97. The molecule has 0 radical (unpaired) electrons. The van der Waals surface area contributed by atoms with Crippen LogP contribution in [-0.4, -0.2) is 45.3 Å². The van der Waals surface area contributed by atoms with Gasteiger partial charge in [0.25, 0.3) is 0 Å². The lowest BCUT2D eigenvalue weighted by atomic mass is 10.2. The average Bonchev–Trinajstić information content (AvgIpc) is 2.65. The Bertz CT molecular complexity index is 769. The minimum absolute atomic E-state index is 0.0793. The molecule has 2 amide bonds. The Hall–Kier alpha value is -2.53. The molecule has 1 unspecified atom stereocenters. The van der Waals surface area contributed by atoms with E-state index < -0.39 is 28.8 Å². The summed E-state index contributed by atoms with van der Waals surface area (Å²) in [6, 6.07) is 4.83. The van der Waals surface area contributed by atoms with Gasteiger partial charge in [-0.1, -0.05) is 19.4 Å². The Balaban J connectivity index is 3.13. The Morgan fingerprint density at radius 3 is 2.54 bits per heavy atom. The molecule has 0 aromatic heterocycles. The molecule has 1 rings (SSSR count). The van der Waals surface area contributed by atoms with Gasteiger partial charge in [-0.25, -0.2) is 4.79 Å². The number of para-hydroxylation sites is 1. The highest BCUT2D eigenvalue weighted by atomic mass is 32.2. The van der Waals surface area contributed by atoms with Gasteiger partial charge in [0.1, 0.15) is 0 Å². The first-order valence-corrected chi connectivity index (χ1v) is 10.2. The normalized spacial score (nSPS) is 11.2. The average molecular weight is 431 g/mol. The van der Waals surface area contributed by atoms with Crippen molar-refractivity contribution in [3.05, 3.63) is 18.2 Å². The summed E-state index contributed by atoms with van der Waals surface area (Å²) < 4.78 is 17.1. The molecule has 1 aromatic carbocycles. The van der Waals surface area contributed by atoms with Crippen molar-refractivity contribution in [1.82, 2.24) is 5.32 Å². The summed E-state index contributed by atoms with van der Waals surface area (Å²) in [5.74, 6) is -1.24. The predicted octanol–water partition coefficient (Wildman–Crippen LogP) is 2.45. The van der Waals surface area contributed by atoms with E-state index in [4.69, 9.17) is 17.3 Å². The van der Waals surface area contributed by atoms with Crippen LogP contribution in [0.2, 0.25) is 0 Å². The molecule has 1 atom stereocenters. The molecule has 1 aromatic rings. The highest BCUT2D eigenvalue weighted by Crippen LogP contribution is 2.30. The number of alkyl carbamates (subject to hydrolysis) is 1. The van der Waals surface area contributed by atoms with Crippen LogP contribution in [0.25, 0.3) is 0 Å². The largest absolute Gasteiger partial charge is 0.481 e. The highest BCUT2D eigenvalue weighted by molar-refractivity contribution is 7.85. The van der Waals surface area contributed by atoms with E-state index in [0.29, 0.717) is 16.3 Å². The van der Waals surface area contributed by atoms with Crippen LogP contribution >= 0.6 is 12.2 Å². The number of nitrogens with one attached hydrogen (secondary N) is 3. The summed E-state index contributed by atoms with van der Waals surface area (Å²) in [6.07, 6.45) is 0.246. The molecular weight excluding hydrogens is 407 g/mol. The van der Waals surface area contributed by atoms with Gasteiger partial charge in [-0.3, -0.25) is 19.1 Å². The number of carboxylic acid groups (broad SMARTS) is 1. The molecule has 0 saturated heterocycles. The zero-order chi connectivity index (χ0) is 21.1. The molecule has 0 heterocycles. The fourth-order valence-corrected chi connectivity index (χ4v) is 3.64. The van der Waals surface area contributed by atoms with Crippen molar-refractivity contribution >= 4 is 57.5 Å². The van der Waals surface area contributed by atoms with Gasteiger partial charge in [0.05, 0.1) is 40.6 Å². The fraction of sp³-hybridized carbons (Fsp3) is 0.412. The van der Waals surface area contributed by atoms with Gasteiger partial charge in [0, 0.05) is 12.2 Å². The molecule has 11 heteroatoms. The van der Waals surface area contributed by atoms with Gasteiger partial charge >= 0.3 is 12.1 Å². The topological polar surface area (TPSA) is 134 Å². The SMILES string of the molecule is CCCCS(=O)c1cccc(NC(=S)NC(=O)OC)c1[15NH]C(=O)CCC(=O)O. The van der Waals surface area contributed by atoms with Gasteiger partial charge in [0.2, 0.25) is 5.91 Å². The van der Waals surface area contributed by atoms with Gasteiger partial charge in [-0.05, 0) is 30.8 Å². The van der Waals surface area contributed by atoms with E-state index >= 15 is 0 Å². The van der Waals surface area contributed by atoms with Crippen molar-refractivity contribution in [2.45, 2.75) is 37.5 Å². The van der Waals surface area contributed by atoms with Crippen molar-refractivity contribution in [2.24, 2.45) is 0 Å². The van der Waals surface area contributed by atoms with Crippen molar-refractivity contribution < 1.29 is 28.4 Å². The number of rotatable bonds is 9. The van der Waals surface area contributed by atoms with E-state index in [1.807, 2.05) is 6.92 Å². The summed E-state index contributed by atoms with van der Waals surface area (Å²) >= 11 is 5.03. The molecule has 9 nitrogen and oxygen atoms in total. The molecule has 0 fully saturated rings. The predicted molar refractivity (Wildman–Crippen MR) is 110 cm³/mol. The van der Waals surface area contributed by atoms with Gasteiger partial charge < -0.3 is 20.5 Å². The number of thiocarbonyl (C=S) groups is 1. The van der Waals surface area contributed by atoms with Gasteiger partial charge in [-0.15, -0.1) is 0 Å². The summed E-state index contributed by atoms with van der Waals surface area (Å²) in [7, 11) is -0.204. The number of methoxy groups -OCH3 is 1.